The molecule has 2 unspecified atom stereocenters. The van der Waals surface area contributed by atoms with Crippen molar-refractivity contribution in [1.82, 2.24) is 15.3 Å². The van der Waals surface area contributed by atoms with Crippen LogP contribution in [0.15, 0.2) is 64.0 Å². The Balaban J connectivity index is 1.12. The molecule has 1 aliphatic heterocycles. The highest BCUT2D eigenvalue weighted by Crippen LogP contribution is 2.57. The van der Waals surface area contributed by atoms with Crippen LogP contribution in [0.1, 0.15) is 98.5 Å². The number of hydrogen-bond acceptors (Lipinski definition) is 8. The molecule has 9 nitrogen and oxygen atoms in total. The van der Waals surface area contributed by atoms with Gasteiger partial charge >= 0.3 is 5.97 Å². The van der Waals surface area contributed by atoms with E-state index in [4.69, 9.17) is 19.0 Å². The van der Waals surface area contributed by atoms with Gasteiger partial charge in [-0.2, -0.15) is 0 Å². The third-order valence-electron chi connectivity index (χ3n) is 11.0. The molecule has 4 bridgehead atoms. The van der Waals surface area contributed by atoms with Crippen LogP contribution in [0.5, 0.6) is 0 Å². The van der Waals surface area contributed by atoms with Crippen LogP contribution in [0, 0.1) is 23.7 Å². The first-order valence-electron chi connectivity index (χ1n) is 16.8. The highest BCUT2D eigenvalue weighted by molar-refractivity contribution is 5.92. The fourth-order valence-electron chi connectivity index (χ4n) is 9.27. The Hall–Kier alpha value is -3.40. The molecule has 9 heteroatoms. The van der Waals surface area contributed by atoms with E-state index in [0.717, 1.165) is 61.1 Å². The van der Waals surface area contributed by atoms with Gasteiger partial charge in [-0.25, -0.2) is 4.79 Å². The number of benzene rings is 2. The molecule has 0 amide bonds. The second-order valence-electron chi connectivity index (χ2n) is 14.2. The van der Waals surface area contributed by atoms with E-state index in [0.29, 0.717) is 30.6 Å². The summed E-state index contributed by atoms with van der Waals surface area (Å²) >= 11 is 0. The first kappa shape index (κ1) is 29.0. The van der Waals surface area contributed by atoms with Gasteiger partial charge in [-0.15, -0.1) is 15.3 Å². The van der Waals surface area contributed by atoms with Gasteiger partial charge in [0.05, 0.1) is 30.1 Å². The molecule has 5 saturated carbocycles. The highest BCUT2D eigenvalue weighted by Gasteiger charge is 2.53. The van der Waals surface area contributed by atoms with Gasteiger partial charge in [0.25, 0.3) is 0 Å². The van der Waals surface area contributed by atoms with E-state index in [1.165, 1.54) is 38.5 Å². The zero-order valence-corrected chi connectivity index (χ0v) is 25.7. The monoisotopic (exact) mass is 610 g/mol. The first-order valence-corrected chi connectivity index (χ1v) is 16.8. The number of rotatable bonds is 10. The van der Waals surface area contributed by atoms with Crippen LogP contribution in [-0.2, 0) is 16.2 Å². The third-order valence-corrected chi connectivity index (χ3v) is 11.0. The quantitative estimate of drug-likeness (QED) is 0.256. The zero-order chi connectivity index (χ0) is 30.4. The van der Waals surface area contributed by atoms with Crippen molar-refractivity contribution in [3.05, 3.63) is 71.6 Å². The Bertz CT molecular complexity index is 1510. The van der Waals surface area contributed by atoms with Gasteiger partial charge in [-0.1, -0.05) is 55.7 Å². The molecule has 0 radical (unpaired) electrons. The smallest absolute Gasteiger partial charge is 0.335 e. The van der Waals surface area contributed by atoms with E-state index in [1.54, 1.807) is 24.3 Å². The predicted octanol–water partition coefficient (Wildman–Crippen LogP) is 7.26. The lowest BCUT2D eigenvalue weighted by Crippen LogP contribution is -2.52. The lowest BCUT2D eigenvalue weighted by atomic mass is 9.54. The Morgan fingerprint density at radius 2 is 1.64 bits per heavy atom. The Morgan fingerprint density at radius 3 is 2.36 bits per heavy atom. The molecule has 1 aromatic heterocycles. The Morgan fingerprint density at radius 1 is 0.911 bits per heavy atom. The van der Waals surface area contributed by atoms with Gasteiger partial charge in [-0.05, 0) is 98.8 Å². The molecular weight excluding hydrogens is 568 g/mol. The second kappa shape index (κ2) is 12.1. The summed E-state index contributed by atoms with van der Waals surface area (Å²) in [6.45, 7) is 0.818. The van der Waals surface area contributed by atoms with Crippen LogP contribution in [0.2, 0.25) is 0 Å². The van der Waals surface area contributed by atoms with Gasteiger partial charge in [0, 0.05) is 5.56 Å². The number of carboxylic acid groups (broad SMARTS) is 1. The minimum Gasteiger partial charge on any atom is -0.478 e. The number of hydroxylamine groups is 2. The van der Waals surface area contributed by atoms with Crippen molar-refractivity contribution in [1.29, 1.82) is 0 Å². The summed E-state index contributed by atoms with van der Waals surface area (Å²) < 4.78 is 13.3. The van der Waals surface area contributed by atoms with Crippen LogP contribution >= 0.6 is 0 Å². The lowest BCUT2D eigenvalue weighted by Gasteiger charge is -2.56. The molecular formula is C36H42N4O5. The van der Waals surface area contributed by atoms with Gasteiger partial charge in [0.2, 0.25) is 11.8 Å². The van der Waals surface area contributed by atoms with Gasteiger partial charge in [-0.3, -0.25) is 9.83 Å². The number of carboxylic acids is 1. The summed E-state index contributed by atoms with van der Waals surface area (Å²) in [5.74, 6) is 2.40. The summed E-state index contributed by atoms with van der Waals surface area (Å²) in [7, 11) is 0. The van der Waals surface area contributed by atoms with E-state index in [9.17, 15) is 9.90 Å². The maximum atomic E-state index is 11.6. The zero-order valence-electron chi connectivity index (χ0n) is 25.7. The summed E-state index contributed by atoms with van der Waals surface area (Å²) in [4.78, 5) is 23.7. The number of aromatic nitrogens is 2. The molecule has 45 heavy (non-hydrogen) atoms. The number of nitrogens with zero attached hydrogens (tertiary/aromatic N) is 4. The number of hydrogen-bond donors (Lipinski definition) is 1. The minimum atomic E-state index is -1.00. The van der Waals surface area contributed by atoms with Gasteiger partial charge in [0.15, 0.2) is 6.04 Å². The SMILES string of the molecule is O=C(O)c1cccc(-c2nnc(C3C(COC45CC6CC(CC(C6)C4)C5)=NC(C4CCCCC4)N3OCc3ccccc3)o2)c1. The molecule has 1 N–H and O–H groups in total. The van der Waals surface area contributed by atoms with E-state index in [1.807, 2.05) is 23.3 Å². The summed E-state index contributed by atoms with van der Waals surface area (Å²) in [5, 5.41) is 20.5. The molecule has 2 atom stereocenters. The number of aromatic carboxylic acids is 1. The van der Waals surface area contributed by atoms with Crippen LogP contribution < -0.4 is 0 Å². The van der Waals surface area contributed by atoms with Crippen LogP contribution in [-0.4, -0.2) is 50.4 Å². The van der Waals surface area contributed by atoms with Crippen LogP contribution in [0.4, 0.5) is 0 Å². The Kier molecular flexibility index (Phi) is 7.79. The van der Waals surface area contributed by atoms with E-state index >= 15 is 0 Å². The maximum Gasteiger partial charge on any atom is 0.335 e. The number of carbonyl (C=O) groups is 1. The maximum absolute atomic E-state index is 11.6. The van der Waals surface area contributed by atoms with Crippen LogP contribution in [0.3, 0.4) is 0 Å². The van der Waals surface area contributed by atoms with E-state index < -0.39 is 12.0 Å². The van der Waals surface area contributed by atoms with Crippen molar-refractivity contribution in [3.63, 3.8) is 0 Å². The summed E-state index contributed by atoms with van der Waals surface area (Å²) in [6, 6.07) is 16.3. The lowest BCUT2D eigenvalue weighted by molar-refractivity contribution is -0.217. The molecule has 9 rings (SSSR count). The molecule has 6 aliphatic rings. The highest BCUT2D eigenvalue weighted by atomic mass is 16.7. The normalized spacial score (nSPS) is 31.4. The second-order valence-corrected chi connectivity index (χ2v) is 14.2. The predicted molar refractivity (Wildman–Crippen MR) is 167 cm³/mol. The Labute approximate surface area is 264 Å². The standard InChI is InChI=1S/C36H42N4O5/c41-35(42)29-13-7-12-28(17-29)33-38-39-34(45-33)31-30(22-43-36-18-24-14-25(19-36)16-26(15-24)20-36)37-32(27-10-5-2-6-11-27)40(31)44-21-23-8-3-1-4-9-23/h1,3-4,7-9,12-13,17,24-27,31-32H,2,5-6,10-11,14-16,18-22H2,(H,41,42). The summed E-state index contributed by atoms with van der Waals surface area (Å²) in [5.41, 5.74) is 2.63. The minimum absolute atomic E-state index is 0.0578. The van der Waals surface area contributed by atoms with Gasteiger partial charge < -0.3 is 14.3 Å². The third kappa shape index (κ3) is 5.86. The van der Waals surface area contributed by atoms with Crippen LogP contribution in [0.25, 0.3) is 11.5 Å². The summed E-state index contributed by atoms with van der Waals surface area (Å²) in [6.07, 6.45) is 13.2. The van der Waals surface area contributed by atoms with Crippen molar-refractivity contribution in [2.75, 3.05) is 6.61 Å². The topological polar surface area (TPSA) is 110 Å². The first-order chi connectivity index (χ1) is 22.0. The molecule has 5 aliphatic carbocycles. The average Bonchev–Trinajstić information content (AvgIpc) is 3.68. The van der Waals surface area contributed by atoms with Crippen molar-refractivity contribution in [3.8, 4) is 11.5 Å². The van der Waals surface area contributed by atoms with Crippen molar-refractivity contribution in [2.45, 2.75) is 95.0 Å². The largest absolute Gasteiger partial charge is 0.478 e. The van der Waals surface area contributed by atoms with Crippen molar-refractivity contribution in [2.24, 2.45) is 28.7 Å². The van der Waals surface area contributed by atoms with Gasteiger partial charge in [0.1, 0.15) is 6.17 Å². The van der Waals surface area contributed by atoms with E-state index in [-0.39, 0.29) is 23.2 Å². The average molecular weight is 611 g/mol. The molecule has 3 aromatic rings. The van der Waals surface area contributed by atoms with Crippen molar-refractivity contribution >= 4 is 11.7 Å². The molecule has 2 aromatic carbocycles. The molecule has 236 valence electrons. The number of ether oxygens (including phenoxy) is 1. The molecule has 2 heterocycles. The fraction of sp³-hybridized carbons (Fsp3) is 0.556. The number of aliphatic imine (C=N–C) groups is 1. The molecule has 0 spiro atoms. The van der Waals surface area contributed by atoms with E-state index in [2.05, 4.69) is 22.3 Å². The molecule has 0 saturated heterocycles. The van der Waals surface area contributed by atoms with Crippen molar-refractivity contribution < 1.29 is 23.9 Å². The molecule has 5 fully saturated rings. The fourth-order valence-corrected chi connectivity index (χ4v) is 9.27.